The highest BCUT2D eigenvalue weighted by Crippen LogP contribution is 2.13. The molecular weight excluding hydrogens is 298 g/mol. The minimum atomic E-state index is -0.415. The number of carbonyl (C=O) groups excluding carboxylic acids is 1. The average molecular weight is 336 g/mol. The third kappa shape index (κ3) is 16.3. The van der Waals surface area contributed by atoms with Crippen molar-refractivity contribution in [1.82, 2.24) is 0 Å². The molecule has 0 spiro atoms. The Hall–Kier alpha value is -0.120. The van der Waals surface area contributed by atoms with E-state index in [0.29, 0.717) is 6.42 Å². The molecular formula is C18H38ClNO2. The van der Waals surface area contributed by atoms with Crippen molar-refractivity contribution in [3.05, 3.63) is 0 Å². The highest BCUT2D eigenvalue weighted by atomic mass is 35.5. The molecule has 4 N–H and O–H groups in total. The van der Waals surface area contributed by atoms with Crippen molar-refractivity contribution in [2.75, 3.05) is 6.61 Å². The van der Waals surface area contributed by atoms with Gasteiger partial charge in [-0.1, -0.05) is 84.0 Å². The summed E-state index contributed by atoms with van der Waals surface area (Å²) in [7, 11) is 0. The molecule has 0 aromatic carbocycles. The minimum Gasteiger partial charge on any atom is -1.00 e. The van der Waals surface area contributed by atoms with Crippen molar-refractivity contribution in [2.45, 2.75) is 103 Å². The van der Waals surface area contributed by atoms with E-state index in [1.54, 1.807) is 0 Å². The molecule has 4 heteroatoms. The number of Topliss-reactive ketones (excluding diaryl/α,β-unsaturated/α-hetero) is 1. The van der Waals surface area contributed by atoms with E-state index in [9.17, 15) is 4.79 Å². The summed E-state index contributed by atoms with van der Waals surface area (Å²) >= 11 is 0. The Kier molecular flexibility index (Phi) is 20.8. The SMILES string of the molecule is CCCCCCCCCCCCCCCC(=O)[C@@H]([NH3+])CO.[Cl-]. The Bertz CT molecular complexity index is 237. The second-order valence-electron chi connectivity index (χ2n) is 6.34. The summed E-state index contributed by atoms with van der Waals surface area (Å²) in [6, 6.07) is -0.415. The third-order valence-corrected chi connectivity index (χ3v) is 4.20. The van der Waals surface area contributed by atoms with Crippen molar-refractivity contribution in [3.8, 4) is 0 Å². The molecule has 134 valence electrons. The van der Waals surface area contributed by atoms with Crippen LogP contribution in [-0.2, 0) is 4.79 Å². The van der Waals surface area contributed by atoms with Gasteiger partial charge in [0.05, 0.1) is 0 Å². The van der Waals surface area contributed by atoms with E-state index in [1.165, 1.54) is 70.6 Å². The van der Waals surface area contributed by atoms with Gasteiger partial charge in [0.15, 0.2) is 11.8 Å². The van der Waals surface area contributed by atoms with Gasteiger partial charge in [0.2, 0.25) is 0 Å². The van der Waals surface area contributed by atoms with Gasteiger partial charge in [-0.3, -0.25) is 4.79 Å². The van der Waals surface area contributed by atoms with E-state index < -0.39 is 6.04 Å². The highest BCUT2D eigenvalue weighted by Gasteiger charge is 2.14. The van der Waals surface area contributed by atoms with Crippen molar-refractivity contribution < 1.29 is 28.0 Å². The van der Waals surface area contributed by atoms with Crippen LogP contribution in [0.5, 0.6) is 0 Å². The largest absolute Gasteiger partial charge is 1.00 e. The first kappa shape index (κ1) is 24.1. The van der Waals surface area contributed by atoms with Crippen LogP contribution in [0.15, 0.2) is 0 Å². The number of aliphatic hydroxyl groups is 1. The van der Waals surface area contributed by atoms with Gasteiger partial charge in [0.1, 0.15) is 6.61 Å². The van der Waals surface area contributed by atoms with E-state index in [1.807, 2.05) is 0 Å². The molecule has 0 saturated carbocycles. The monoisotopic (exact) mass is 335 g/mol. The van der Waals surface area contributed by atoms with Crippen LogP contribution in [0.4, 0.5) is 0 Å². The van der Waals surface area contributed by atoms with E-state index in [0.717, 1.165) is 12.8 Å². The highest BCUT2D eigenvalue weighted by molar-refractivity contribution is 5.82. The van der Waals surface area contributed by atoms with Gasteiger partial charge in [-0.05, 0) is 6.42 Å². The van der Waals surface area contributed by atoms with Gasteiger partial charge in [0.25, 0.3) is 0 Å². The predicted molar refractivity (Wildman–Crippen MR) is 89.1 cm³/mol. The molecule has 0 heterocycles. The van der Waals surface area contributed by atoms with Crippen LogP contribution in [0.1, 0.15) is 96.8 Å². The van der Waals surface area contributed by atoms with Gasteiger partial charge in [-0.25, -0.2) is 0 Å². The van der Waals surface area contributed by atoms with Crippen LogP contribution in [-0.4, -0.2) is 23.5 Å². The molecule has 1 atom stereocenters. The lowest BCUT2D eigenvalue weighted by molar-refractivity contribution is -0.408. The number of carbonyl (C=O) groups is 1. The van der Waals surface area contributed by atoms with E-state index in [4.69, 9.17) is 5.11 Å². The molecule has 0 bridgehead atoms. The molecule has 0 aliphatic carbocycles. The Morgan fingerprint density at radius 1 is 0.818 bits per heavy atom. The summed E-state index contributed by atoms with van der Waals surface area (Å²) in [5.41, 5.74) is 3.64. The zero-order valence-electron chi connectivity index (χ0n) is 14.6. The molecule has 0 saturated heterocycles. The zero-order chi connectivity index (χ0) is 15.8. The molecule has 0 amide bonds. The number of rotatable bonds is 16. The molecule has 0 radical (unpaired) electrons. The van der Waals surface area contributed by atoms with Crippen LogP contribution < -0.4 is 18.1 Å². The van der Waals surface area contributed by atoms with Gasteiger partial charge in [-0.2, -0.15) is 0 Å². The molecule has 3 nitrogen and oxygen atoms in total. The summed E-state index contributed by atoms with van der Waals surface area (Å²) < 4.78 is 0. The molecule has 0 aliphatic rings. The first-order valence-corrected chi connectivity index (χ1v) is 9.19. The number of halogens is 1. The maximum absolute atomic E-state index is 11.5. The number of aliphatic hydroxyl groups excluding tert-OH is 1. The van der Waals surface area contributed by atoms with Crippen LogP contribution >= 0.6 is 0 Å². The van der Waals surface area contributed by atoms with Crippen molar-refractivity contribution in [3.63, 3.8) is 0 Å². The Morgan fingerprint density at radius 3 is 1.55 bits per heavy atom. The lowest BCUT2D eigenvalue weighted by Gasteiger charge is -2.04. The molecule has 0 aliphatic heterocycles. The number of hydrogen-bond acceptors (Lipinski definition) is 2. The molecule has 22 heavy (non-hydrogen) atoms. The first-order chi connectivity index (χ1) is 10.2. The van der Waals surface area contributed by atoms with Crippen molar-refractivity contribution in [1.29, 1.82) is 0 Å². The molecule has 0 fully saturated rings. The van der Waals surface area contributed by atoms with Gasteiger partial charge < -0.3 is 23.2 Å². The second-order valence-corrected chi connectivity index (χ2v) is 6.34. The van der Waals surface area contributed by atoms with E-state index in [2.05, 4.69) is 12.7 Å². The second kappa shape index (κ2) is 18.9. The quantitative estimate of drug-likeness (QED) is 0.407. The Morgan fingerprint density at radius 2 is 1.18 bits per heavy atom. The lowest BCUT2D eigenvalue weighted by Crippen LogP contribution is -3.00. The van der Waals surface area contributed by atoms with E-state index >= 15 is 0 Å². The smallest absolute Gasteiger partial charge is 0.192 e. The molecule has 0 unspecified atom stereocenters. The lowest BCUT2D eigenvalue weighted by atomic mass is 10.0. The number of unbranched alkanes of at least 4 members (excludes halogenated alkanes) is 12. The number of ketones is 1. The van der Waals surface area contributed by atoms with Gasteiger partial charge >= 0.3 is 0 Å². The van der Waals surface area contributed by atoms with Gasteiger partial charge in [-0.15, -0.1) is 0 Å². The van der Waals surface area contributed by atoms with Crippen molar-refractivity contribution in [2.24, 2.45) is 0 Å². The topological polar surface area (TPSA) is 64.9 Å². The zero-order valence-corrected chi connectivity index (χ0v) is 15.4. The molecule has 0 aromatic heterocycles. The fraction of sp³-hybridized carbons (Fsp3) is 0.944. The Balaban J connectivity index is 0. The molecule has 0 aromatic rings. The minimum absolute atomic E-state index is 0. The standard InChI is InChI=1S/C18H37NO2.ClH/c1-2-3-4-5-6-7-8-9-10-11-12-13-14-15-18(21)17(19)16-20;/h17,20H,2-16,19H2,1H3;1H/t17-;/m0./s1. The molecule has 0 rings (SSSR count). The normalized spacial score (nSPS) is 12.0. The summed E-state index contributed by atoms with van der Waals surface area (Å²) in [4.78, 5) is 11.5. The van der Waals surface area contributed by atoms with Crippen LogP contribution in [0.3, 0.4) is 0 Å². The van der Waals surface area contributed by atoms with Crippen molar-refractivity contribution >= 4 is 5.78 Å². The summed E-state index contributed by atoms with van der Waals surface area (Å²) in [6.07, 6.45) is 17.7. The first-order valence-electron chi connectivity index (χ1n) is 9.19. The fourth-order valence-electron chi connectivity index (χ4n) is 2.62. The summed E-state index contributed by atoms with van der Waals surface area (Å²) in [5.74, 6) is 0.112. The summed E-state index contributed by atoms with van der Waals surface area (Å²) in [5, 5.41) is 8.83. The third-order valence-electron chi connectivity index (χ3n) is 4.20. The maximum atomic E-state index is 11.5. The fourth-order valence-corrected chi connectivity index (χ4v) is 2.62. The Labute approximate surface area is 143 Å². The van der Waals surface area contributed by atoms with Crippen LogP contribution in [0.25, 0.3) is 0 Å². The van der Waals surface area contributed by atoms with Gasteiger partial charge in [0, 0.05) is 6.42 Å². The number of quaternary nitrogens is 1. The van der Waals surface area contributed by atoms with E-state index in [-0.39, 0.29) is 24.8 Å². The number of hydrogen-bond donors (Lipinski definition) is 2. The maximum Gasteiger partial charge on any atom is 0.192 e. The summed E-state index contributed by atoms with van der Waals surface area (Å²) in [6.45, 7) is 2.15. The van der Waals surface area contributed by atoms with Crippen LogP contribution in [0, 0.1) is 0 Å². The predicted octanol–water partition coefficient (Wildman–Crippen LogP) is 0.644. The van der Waals surface area contributed by atoms with Crippen LogP contribution in [0.2, 0.25) is 0 Å². The average Bonchev–Trinajstić information content (AvgIpc) is 2.50.